The summed E-state index contributed by atoms with van der Waals surface area (Å²) >= 11 is 7.57. The third-order valence-electron chi connectivity index (χ3n) is 2.35. The summed E-state index contributed by atoms with van der Waals surface area (Å²) in [4.78, 5) is 2.41. The van der Waals surface area contributed by atoms with E-state index >= 15 is 0 Å². The third-order valence-corrected chi connectivity index (χ3v) is 3.72. The second-order valence-corrected chi connectivity index (χ2v) is 5.58. The normalized spacial score (nSPS) is 12.4. The second-order valence-electron chi connectivity index (χ2n) is 3.82. The largest absolute Gasteiger partial charge is 0.492 e. The van der Waals surface area contributed by atoms with Gasteiger partial charge >= 0.3 is 0 Å². The summed E-state index contributed by atoms with van der Waals surface area (Å²) in [5, 5.41) is 0.669. The van der Waals surface area contributed by atoms with E-state index in [1.165, 1.54) is 4.88 Å². The van der Waals surface area contributed by atoms with E-state index in [1.54, 1.807) is 17.4 Å². The van der Waals surface area contributed by atoms with Gasteiger partial charge in [0.2, 0.25) is 0 Å². The minimum atomic E-state index is -0.0901. The highest BCUT2D eigenvalue weighted by Gasteiger charge is 2.09. The average molecular weight is 268 g/mol. The molecule has 1 aromatic heterocycles. The lowest BCUT2D eigenvalue weighted by molar-refractivity contribution is 0.292. The topological polar surface area (TPSA) is 35.2 Å². The van der Waals surface area contributed by atoms with Crippen LogP contribution in [-0.4, -0.2) is 6.61 Å². The van der Waals surface area contributed by atoms with Crippen LogP contribution in [0.1, 0.15) is 15.8 Å². The quantitative estimate of drug-likeness (QED) is 0.915. The molecule has 1 atom stereocenters. The van der Waals surface area contributed by atoms with Gasteiger partial charge in [-0.25, -0.2) is 0 Å². The zero-order chi connectivity index (χ0) is 12.3. The van der Waals surface area contributed by atoms with Crippen LogP contribution in [0.5, 0.6) is 5.75 Å². The molecule has 0 aliphatic carbocycles. The number of aryl methyl sites for hydroxylation is 1. The first-order valence-electron chi connectivity index (χ1n) is 5.35. The molecule has 4 heteroatoms. The predicted molar refractivity (Wildman–Crippen MR) is 72.9 cm³/mol. The average Bonchev–Trinajstić information content (AvgIpc) is 2.73. The fourth-order valence-electron chi connectivity index (χ4n) is 1.48. The highest BCUT2D eigenvalue weighted by Crippen LogP contribution is 2.23. The summed E-state index contributed by atoms with van der Waals surface area (Å²) in [5.41, 5.74) is 6.05. The maximum absolute atomic E-state index is 6.05. The molecule has 0 aliphatic rings. The molecule has 0 saturated carbocycles. The number of thiophene rings is 1. The molecule has 2 N–H and O–H groups in total. The zero-order valence-corrected chi connectivity index (χ0v) is 11.1. The summed E-state index contributed by atoms with van der Waals surface area (Å²) in [6, 6.07) is 11.4. The molecule has 2 aromatic rings. The minimum absolute atomic E-state index is 0.0901. The first kappa shape index (κ1) is 12.4. The molecule has 17 heavy (non-hydrogen) atoms. The van der Waals surface area contributed by atoms with E-state index in [4.69, 9.17) is 22.1 Å². The maximum Gasteiger partial charge on any atom is 0.120 e. The first-order chi connectivity index (χ1) is 8.15. The van der Waals surface area contributed by atoms with Crippen molar-refractivity contribution in [3.63, 3.8) is 0 Å². The molecule has 0 fully saturated rings. The van der Waals surface area contributed by atoms with Gasteiger partial charge < -0.3 is 10.5 Å². The molecule has 0 spiro atoms. The van der Waals surface area contributed by atoms with Crippen LogP contribution in [0, 0.1) is 6.92 Å². The van der Waals surface area contributed by atoms with Crippen LogP contribution < -0.4 is 10.5 Å². The molecule has 2 nitrogen and oxygen atoms in total. The Morgan fingerprint density at radius 2 is 2.18 bits per heavy atom. The second kappa shape index (κ2) is 5.54. The maximum atomic E-state index is 6.05. The van der Waals surface area contributed by atoms with Crippen LogP contribution in [0.15, 0.2) is 36.4 Å². The highest BCUT2D eigenvalue weighted by atomic mass is 35.5. The van der Waals surface area contributed by atoms with Crippen molar-refractivity contribution in [1.29, 1.82) is 0 Å². The van der Waals surface area contributed by atoms with Crippen LogP contribution in [-0.2, 0) is 0 Å². The molecule has 0 radical (unpaired) electrons. The number of nitrogens with two attached hydrogens (primary N) is 1. The van der Waals surface area contributed by atoms with Crippen LogP contribution in [0.2, 0.25) is 5.02 Å². The lowest BCUT2D eigenvalue weighted by Gasteiger charge is -2.11. The number of hydrogen-bond acceptors (Lipinski definition) is 3. The fourth-order valence-corrected chi connectivity index (χ4v) is 2.52. The monoisotopic (exact) mass is 267 g/mol. The summed E-state index contributed by atoms with van der Waals surface area (Å²) in [5.74, 6) is 0.751. The molecule has 0 aliphatic heterocycles. The molecule has 0 amide bonds. The Balaban J connectivity index is 1.94. The smallest absolute Gasteiger partial charge is 0.120 e. The number of rotatable bonds is 4. The Kier molecular flexibility index (Phi) is 4.05. The predicted octanol–water partition coefficient (Wildman–Crippen LogP) is 3.79. The Morgan fingerprint density at radius 3 is 2.82 bits per heavy atom. The van der Waals surface area contributed by atoms with Gasteiger partial charge in [0.15, 0.2) is 0 Å². The number of hydrogen-bond donors (Lipinski definition) is 1. The summed E-state index contributed by atoms with van der Waals surface area (Å²) in [6.45, 7) is 2.53. The van der Waals surface area contributed by atoms with Crippen LogP contribution >= 0.6 is 22.9 Å². The van der Waals surface area contributed by atoms with Crippen molar-refractivity contribution in [3.8, 4) is 5.75 Å². The van der Waals surface area contributed by atoms with E-state index in [0.29, 0.717) is 11.6 Å². The fraction of sp³-hybridized carbons (Fsp3) is 0.231. The standard InChI is InChI=1S/C13H14ClNOS/c1-9-5-6-13(17-9)12(15)8-16-11-4-2-3-10(14)7-11/h2-7,12H,8,15H2,1H3. The van der Waals surface area contributed by atoms with Crippen molar-refractivity contribution >= 4 is 22.9 Å². The van der Waals surface area contributed by atoms with Gasteiger partial charge in [0, 0.05) is 14.8 Å². The Hall–Kier alpha value is -1.03. The molecular formula is C13H14ClNOS. The summed E-state index contributed by atoms with van der Waals surface area (Å²) in [6.07, 6.45) is 0. The van der Waals surface area contributed by atoms with E-state index in [-0.39, 0.29) is 6.04 Å². The zero-order valence-electron chi connectivity index (χ0n) is 9.52. The van der Waals surface area contributed by atoms with Gasteiger partial charge in [-0.3, -0.25) is 0 Å². The van der Waals surface area contributed by atoms with E-state index < -0.39 is 0 Å². The van der Waals surface area contributed by atoms with E-state index in [9.17, 15) is 0 Å². The van der Waals surface area contributed by atoms with Crippen molar-refractivity contribution in [1.82, 2.24) is 0 Å². The number of benzene rings is 1. The Labute approximate surface area is 110 Å². The summed E-state index contributed by atoms with van der Waals surface area (Å²) < 4.78 is 5.61. The summed E-state index contributed by atoms with van der Waals surface area (Å²) in [7, 11) is 0. The highest BCUT2D eigenvalue weighted by molar-refractivity contribution is 7.12. The van der Waals surface area contributed by atoms with Crippen molar-refractivity contribution in [3.05, 3.63) is 51.2 Å². The molecule has 90 valence electrons. The van der Waals surface area contributed by atoms with Gasteiger partial charge in [-0.1, -0.05) is 17.7 Å². The first-order valence-corrected chi connectivity index (χ1v) is 6.55. The molecule has 1 aromatic carbocycles. The van der Waals surface area contributed by atoms with Crippen molar-refractivity contribution < 1.29 is 4.74 Å². The molecular weight excluding hydrogens is 254 g/mol. The lowest BCUT2D eigenvalue weighted by Crippen LogP contribution is -2.17. The van der Waals surface area contributed by atoms with Crippen LogP contribution in [0.3, 0.4) is 0 Å². The van der Waals surface area contributed by atoms with Crippen molar-refractivity contribution in [2.45, 2.75) is 13.0 Å². The van der Waals surface area contributed by atoms with E-state index in [2.05, 4.69) is 13.0 Å². The lowest BCUT2D eigenvalue weighted by atomic mass is 10.2. The van der Waals surface area contributed by atoms with Crippen LogP contribution in [0.4, 0.5) is 0 Å². The van der Waals surface area contributed by atoms with Crippen molar-refractivity contribution in [2.75, 3.05) is 6.61 Å². The van der Waals surface area contributed by atoms with E-state index in [1.807, 2.05) is 24.3 Å². The van der Waals surface area contributed by atoms with Crippen molar-refractivity contribution in [2.24, 2.45) is 5.73 Å². The Morgan fingerprint density at radius 1 is 1.35 bits per heavy atom. The molecule has 1 unspecified atom stereocenters. The van der Waals surface area contributed by atoms with E-state index in [0.717, 1.165) is 10.6 Å². The molecule has 1 heterocycles. The van der Waals surface area contributed by atoms with Gasteiger partial charge in [-0.2, -0.15) is 0 Å². The van der Waals surface area contributed by atoms with Gasteiger partial charge in [-0.15, -0.1) is 11.3 Å². The number of ether oxygens (including phenoxy) is 1. The van der Waals surface area contributed by atoms with Gasteiger partial charge in [0.25, 0.3) is 0 Å². The van der Waals surface area contributed by atoms with Crippen LogP contribution in [0.25, 0.3) is 0 Å². The SMILES string of the molecule is Cc1ccc(C(N)COc2cccc(Cl)c2)s1. The minimum Gasteiger partial charge on any atom is -0.492 e. The van der Waals surface area contributed by atoms with Gasteiger partial charge in [0.05, 0.1) is 6.04 Å². The molecule has 0 saturated heterocycles. The third kappa shape index (κ3) is 3.46. The van der Waals surface area contributed by atoms with Gasteiger partial charge in [0.1, 0.15) is 12.4 Å². The molecule has 2 rings (SSSR count). The van der Waals surface area contributed by atoms with Gasteiger partial charge in [-0.05, 0) is 37.3 Å². The molecule has 0 bridgehead atoms. The number of halogens is 1. The Bertz CT molecular complexity index is 498.